The third-order valence-corrected chi connectivity index (χ3v) is 2.96. The molecule has 0 aliphatic carbocycles. The molecule has 76 valence electrons. The Morgan fingerprint density at radius 1 is 1.57 bits per heavy atom. The molecule has 0 fully saturated rings. The summed E-state index contributed by atoms with van der Waals surface area (Å²) in [7, 11) is 0. The van der Waals surface area contributed by atoms with Crippen LogP contribution in [0.25, 0.3) is 0 Å². The molecular formula is C9H13N3OS. The lowest BCUT2D eigenvalue weighted by atomic mass is 10.1. The van der Waals surface area contributed by atoms with Crippen molar-refractivity contribution in [2.24, 2.45) is 0 Å². The zero-order valence-electron chi connectivity index (χ0n) is 8.09. The summed E-state index contributed by atoms with van der Waals surface area (Å²) in [6.45, 7) is 3.61. The lowest BCUT2D eigenvalue weighted by Gasteiger charge is -2.15. The molecule has 0 saturated carbocycles. The largest absolute Gasteiger partial charge is 0.312 e. The van der Waals surface area contributed by atoms with Crippen LogP contribution in [0.1, 0.15) is 18.2 Å². The Kier molecular flexibility index (Phi) is 2.88. The molecule has 2 rings (SSSR count). The van der Waals surface area contributed by atoms with E-state index in [0.717, 1.165) is 35.1 Å². The Labute approximate surface area is 86.5 Å². The van der Waals surface area contributed by atoms with Gasteiger partial charge in [0, 0.05) is 19.5 Å². The second kappa shape index (κ2) is 4.14. The van der Waals surface area contributed by atoms with E-state index in [1.807, 2.05) is 6.92 Å². The van der Waals surface area contributed by atoms with Gasteiger partial charge in [-0.2, -0.15) is 0 Å². The van der Waals surface area contributed by atoms with Crippen molar-refractivity contribution >= 4 is 11.8 Å². The number of nitrogens with one attached hydrogen (secondary N) is 2. The number of hydrogen-bond donors (Lipinski definition) is 2. The van der Waals surface area contributed by atoms with Gasteiger partial charge in [0.2, 0.25) is 0 Å². The standard InChI is InChI=1S/C9H13N3OS/c1-2-14-9-11-7-3-4-10-5-6(7)8(13)12-9/h10H,2-5H2,1H3,(H,11,12,13). The number of fused-ring (bicyclic) bond motifs is 1. The minimum Gasteiger partial charge on any atom is -0.312 e. The zero-order chi connectivity index (χ0) is 9.97. The molecule has 1 aliphatic rings. The minimum absolute atomic E-state index is 0.0122. The Bertz CT molecular complexity index is 388. The molecular weight excluding hydrogens is 198 g/mol. The predicted octanol–water partition coefficient (Wildman–Crippen LogP) is 0.528. The molecule has 0 bridgehead atoms. The Hall–Kier alpha value is -0.810. The molecule has 1 aromatic heterocycles. The minimum atomic E-state index is 0.0122. The van der Waals surface area contributed by atoms with Crippen molar-refractivity contribution < 1.29 is 0 Å². The van der Waals surface area contributed by atoms with Gasteiger partial charge in [-0.15, -0.1) is 0 Å². The van der Waals surface area contributed by atoms with Crippen molar-refractivity contribution in [3.8, 4) is 0 Å². The fourth-order valence-corrected chi connectivity index (χ4v) is 2.15. The first-order chi connectivity index (χ1) is 6.81. The highest BCUT2D eigenvalue weighted by Gasteiger charge is 2.14. The molecule has 2 N–H and O–H groups in total. The van der Waals surface area contributed by atoms with Crippen molar-refractivity contribution in [3.63, 3.8) is 0 Å². The monoisotopic (exact) mass is 211 g/mol. The van der Waals surface area contributed by atoms with Crippen molar-refractivity contribution in [2.45, 2.75) is 25.0 Å². The van der Waals surface area contributed by atoms with Crippen LogP contribution in [0.4, 0.5) is 0 Å². The van der Waals surface area contributed by atoms with E-state index < -0.39 is 0 Å². The lowest BCUT2D eigenvalue weighted by Crippen LogP contribution is -2.31. The number of H-pyrrole nitrogens is 1. The smallest absolute Gasteiger partial charge is 0.256 e. The van der Waals surface area contributed by atoms with Crippen LogP contribution in [-0.4, -0.2) is 22.3 Å². The third kappa shape index (κ3) is 1.83. The van der Waals surface area contributed by atoms with Gasteiger partial charge < -0.3 is 10.3 Å². The van der Waals surface area contributed by atoms with Gasteiger partial charge in [-0.1, -0.05) is 18.7 Å². The van der Waals surface area contributed by atoms with Crippen molar-refractivity contribution in [1.82, 2.24) is 15.3 Å². The first kappa shape index (κ1) is 9.73. The van der Waals surface area contributed by atoms with E-state index in [-0.39, 0.29) is 5.56 Å². The van der Waals surface area contributed by atoms with E-state index in [2.05, 4.69) is 15.3 Å². The van der Waals surface area contributed by atoms with Gasteiger partial charge in [-0.3, -0.25) is 4.79 Å². The molecule has 1 aromatic rings. The molecule has 1 aliphatic heterocycles. The summed E-state index contributed by atoms with van der Waals surface area (Å²) in [4.78, 5) is 18.8. The molecule has 5 heteroatoms. The molecule has 14 heavy (non-hydrogen) atoms. The van der Waals surface area contributed by atoms with Gasteiger partial charge >= 0.3 is 0 Å². The Morgan fingerprint density at radius 3 is 3.21 bits per heavy atom. The number of aromatic nitrogens is 2. The predicted molar refractivity (Wildman–Crippen MR) is 56.7 cm³/mol. The molecule has 0 spiro atoms. The quantitative estimate of drug-likeness (QED) is 0.553. The second-order valence-electron chi connectivity index (χ2n) is 3.16. The van der Waals surface area contributed by atoms with Crippen LogP contribution >= 0.6 is 11.8 Å². The van der Waals surface area contributed by atoms with Crippen LogP contribution in [0.5, 0.6) is 0 Å². The first-order valence-electron chi connectivity index (χ1n) is 4.77. The normalized spacial score (nSPS) is 15.2. The maximum absolute atomic E-state index is 11.6. The second-order valence-corrected chi connectivity index (χ2v) is 4.41. The average Bonchev–Trinajstić information content (AvgIpc) is 2.18. The van der Waals surface area contributed by atoms with E-state index in [1.54, 1.807) is 11.8 Å². The number of rotatable bonds is 2. The fraction of sp³-hybridized carbons (Fsp3) is 0.556. The number of thioether (sulfide) groups is 1. The van der Waals surface area contributed by atoms with E-state index in [1.165, 1.54) is 0 Å². The SMILES string of the molecule is CCSc1nc2c(c(=O)[nH]1)CNCC2. The summed E-state index contributed by atoms with van der Waals surface area (Å²) in [5.41, 5.74) is 1.78. The van der Waals surface area contributed by atoms with E-state index >= 15 is 0 Å². The molecule has 4 nitrogen and oxygen atoms in total. The topological polar surface area (TPSA) is 57.8 Å². The van der Waals surface area contributed by atoms with Crippen LogP contribution in [-0.2, 0) is 13.0 Å². The zero-order valence-corrected chi connectivity index (χ0v) is 8.91. The van der Waals surface area contributed by atoms with Gasteiger partial charge in [-0.05, 0) is 5.75 Å². The Morgan fingerprint density at radius 2 is 2.43 bits per heavy atom. The van der Waals surface area contributed by atoms with Gasteiger partial charge in [0.15, 0.2) is 5.16 Å². The molecule has 0 aromatic carbocycles. The third-order valence-electron chi connectivity index (χ3n) is 2.20. The molecule has 0 saturated heterocycles. The highest BCUT2D eigenvalue weighted by molar-refractivity contribution is 7.99. The van der Waals surface area contributed by atoms with Crippen LogP contribution < -0.4 is 10.9 Å². The number of aromatic amines is 1. The Balaban J connectivity index is 2.41. The number of nitrogens with zero attached hydrogens (tertiary/aromatic N) is 1. The van der Waals surface area contributed by atoms with E-state index in [9.17, 15) is 4.79 Å². The summed E-state index contributed by atoms with van der Waals surface area (Å²) in [6, 6.07) is 0. The summed E-state index contributed by atoms with van der Waals surface area (Å²) in [6.07, 6.45) is 0.858. The van der Waals surface area contributed by atoms with Crippen LogP contribution in [0.2, 0.25) is 0 Å². The summed E-state index contributed by atoms with van der Waals surface area (Å²) in [5, 5.41) is 3.91. The van der Waals surface area contributed by atoms with Crippen molar-refractivity contribution in [2.75, 3.05) is 12.3 Å². The molecule has 2 heterocycles. The fourth-order valence-electron chi connectivity index (χ4n) is 1.54. The maximum Gasteiger partial charge on any atom is 0.256 e. The van der Waals surface area contributed by atoms with Gasteiger partial charge in [0.05, 0.1) is 11.3 Å². The highest BCUT2D eigenvalue weighted by atomic mass is 32.2. The molecule has 0 atom stereocenters. The van der Waals surface area contributed by atoms with Crippen molar-refractivity contribution in [1.29, 1.82) is 0 Å². The van der Waals surface area contributed by atoms with E-state index in [0.29, 0.717) is 6.54 Å². The van der Waals surface area contributed by atoms with Crippen LogP contribution in [0.3, 0.4) is 0 Å². The maximum atomic E-state index is 11.6. The van der Waals surface area contributed by atoms with Crippen molar-refractivity contribution in [3.05, 3.63) is 21.6 Å². The molecule has 0 unspecified atom stereocenters. The lowest BCUT2D eigenvalue weighted by molar-refractivity contribution is 0.609. The van der Waals surface area contributed by atoms with E-state index in [4.69, 9.17) is 0 Å². The number of hydrogen-bond acceptors (Lipinski definition) is 4. The van der Waals surface area contributed by atoms with Gasteiger partial charge in [-0.25, -0.2) is 4.98 Å². The van der Waals surface area contributed by atoms with Gasteiger partial charge in [0.1, 0.15) is 0 Å². The summed E-state index contributed by atoms with van der Waals surface area (Å²) < 4.78 is 0. The highest BCUT2D eigenvalue weighted by Crippen LogP contribution is 2.13. The van der Waals surface area contributed by atoms with Crippen LogP contribution in [0, 0.1) is 0 Å². The summed E-state index contributed by atoms with van der Waals surface area (Å²) in [5.74, 6) is 0.931. The molecule has 0 amide bonds. The summed E-state index contributed by atoms with van der Waals surface area (Å²) >= 11 is 1.58. The average molecular weight is 211 g/mol. The van der Waals surface area contributed by atoms with Gasteiger partial charge in [0.25, 0.3) is 5.56 Å². The first-order valence-corrected chi connectivity index (χ1v) is 5.75. The molecule has 0 radical (unpaired) electrons. The van der Waals surface area contributed by atoms with Crippen LogP contribution in [0.15, 0.2) is 9.95 Å².